The highest BCUT2D eigenvalue weighted by Crippen LogP contribution is 2.33. The van der Waals surface area contributed by atoms with Crippen molar-refractivity contribution in [3.05, 3.63) is 45.0 Å². The van der Waals surface area contributed by atoms with E-state index in [2.05, 4.69) is 31.2 Å². The van der Waals surface area contributed by atoms with Gasteiger partial charge in [0.05, 0.1) is 4.92 Å². The number of hydrogen-bond acceptors (Lipinski definition) is 6. The fourth-order valence-electron chi connectivity index (χ4n) is 1.45. The van der Waals surface area contributed by atoms with Gasteiger partial charge < -0.3 is 5.32 Å². The molecule has 2 aromatic heterocycles. The zero-order chi connectivity index (χ0) is 14.5. The Morgan fingerprint density at radius 2 is 2.20 bits per heavy atom. The average molecular weight is 355 g/mol. The molecule has 1 N–H and O–H groups in total. The maximum absolute atomic E-state index is 11.0. The molecule has 2 heterocycles. The van der Waals surface area contributed by atoms with Crippen molar-refractivity contribution >= 4 is 39.2 Å². The number of nitro groups is 1. The number of nitrogens with one attached hydrogen (secondary N) is 1. The van der Waals surface area contributed by atoms with Crippen LogP contribution < -0.4 is 5.32 Å². The fourth-order valence-corrected chi connectivity index (χ4v) is 2.51. The number of hydrogen-bond donors (Lipinski definition) is 1. The van der Waals surface area contributed by atoms with Crippen molar-refractivity contribution in [3.63, 3.8) is 0 Å². The molecule has 0 saturated carbocycles. The lowest BCUT2D eigenvalue weighted by Gasteiger charge is -2.06. The van der Waals surface area contributed by atoms with E-state index in [0.717, 1.165) is 4.47 Å². The second kappa shape index (κ2) is 6.67. The second-order valence-electron chi connectivity index (χ2n) is 3.72. The van der Waals surface area contributed by atoms with Gasteiger partial charge in [0.1, 0.15) is 10.8 Å². The van der Waals surface area contributed by atoms with Gasteiger partial charge in [-0.05, 0) is 52.8 Å². The third-order valence-corrected chi connectivity index (χ3v) is 3.71. The van der Waals surface area contributed by atoms with Crippen LogP contribution in [-0.2, 0) is 0 Å². The molecule has 6 nitrogen and oxygen atoms in total. The molecular formula is C12H11BrN4O2S. The molecule has 0 bridgehead atoms. The smallest absolute Gasteiger partial charge is 0.301 e. The zero-order valence-electron chi connectivity index (χ0n) is 10.5. The Balaban J connectivity index is 2.34. The van der Waals surface area contributed by atoms with E-state index in [9.17, 15) is 10.1 Å². The lowest BCUT2D eigenvalue weighted by atomic mass is 10.4. The van der Waals surface area contributed by atoms with Crippen LogP contribution in [0.2, 0.25) is 0 Å². The number of rotatable bonds is 5. The minimum Gasteiger partial charge on any atom is -0.370 e. The van der Waals surface area contributed by atoms with Crippen molar-refractivity contribution in [1.82, 2.24) is 9.97 Å². The second-order valence-corrected chi connectivity index (χ2v) is 5.65. The monoisotopic (exact) mass is 354 g/mol. The number of aromatic nitrogens is 2. The summed E-state index contributed by atoms with van der Waals surface area (Å²) < 4.78 is 0.853. The zero-order valence-corrected chi connectivity index (χ0v) is 12.9. The van der Waals surface area contributed by atoms with E-state index in [0.29, 0.717) is 22.4 Å². The van der Waals surface area contributed by atoms with Gasteiger partial charge in [0, 0.05) is 23.3 Å². The van der Waals surface area contributed by atoms with Gasteiger partial charge in [-0.15, -0.1) is 0 Å². The van der Waals surface area contributed by atoms with Crippen LogP contribution in [0.25, 0.3) is 0 Å². The molecule has 2 aromatic rings. The molecule has 104 valence electrons. The highest BCUT2D eigenvalue weighted by Gasteiger charge is 2.17. The Bertz CT molecular complexity index is 621. The van der Waals surface area contributed by atoms with Gasteiger partial charge in [-0.2, -0.15) is 0 Å². The van der Waals surface area contributed by atoms with Crippen molar-refractivity contribution in [2.75, 3.05) is 11.9 Å². The Hall–Kier alpha value is -1.67. The van der Waals surface area contributed by atoms with E-state index in [4.69, 9.17) is 0 Å². The summed E-state index contributed by atoms with van der Waals surface area (Å²) in [4.78, 5) is 19.0. The summed E-state index contributed by atoms with van der Waals surface area (Å²) in [7, 11) is 0. The molecule has 0 aliphatic carbocycles. The molecule has 20 heavy (non-hydrogen) atoms. The highest BCUT2D eigenvalue weighted by molar-refractivity contribution is 9.10. The van der Waals surface area contributed by atoms with E-state index in [1.54, 1.807) is 18.3 Å². The first-order valence-electron chi connectivity index (χ1n) is 5.79. The maximum Gasteiger partial charge on any atom is 0.301 e. The van der Waals surface area contributed by atoms with Crippen LogP contribution in [-0.4, -0.2) is 21.4 Å². The molecule has 0 spiro atoms. The molecule has 0 saturated heterocycles. The number of pyridine rings is 2. The molecule has 0 radical (unpaired) electrons. The largest absolute Gasteiger partial charge is 0.370 e. The van der Waals surface area contributed by atoms with Gasteiger partial charge in [0.15, 0.2) is 5.03 Å². The fraction of sp³-hybridized carbons (Fsp3) is 0.167. The Morgan fingerprint density at radius 3 is 2.80 bits per heavy atom. The normalized spacial score (nSPS) is 10.3. The quantitative estimate of drug-likeness (QED) is 0.650. The molecule has 0 fully saturated rings. The molecule has 0 aliphatic heterocycles. The molecule has 0 aliphatic rings. The Labute approximate surface area is 128 Å². The van der Waals surface area contributed by atoms with Crippen molar-refractivity contribution < 1.29 is 4.92 Å². The lowest BCUT2D eigenvalue weighted by molar-refractivity contribution is -0.388. The first-order valence-corrected chi connectivity index (χ1v) is 7.40. The van der Waals surface area contributed by atoms with E-state index in [-0.39, 0.29) is 5.69 Å². The number of nitrogens with zero attached hydrogens (tertiary/aromatic N) is 3. The molecule has 0 unspecified atom stereocenters. The van der Waals surface area contributed by atoms with Crippen LogP contribution in [0.4, 0.5) is 11.5 Å². The van der Waals surface area contributed by atoms with Gasteiger partial charge in [-0.3, -0.25) is 10.1 Å². The number of halogens is 1. The highest BCUT2D eigenvalue weighted by atomic mass is 79.9. The van der Waals surface area contributed by atoms with Crippen LogP contribution in [0.15, 0.2) is 45.0 Å². The Kier molecular flexibility index (Phi) is 4.91. The average Bonchev–Trinajstić information content (AvgIpc) is 2.42. The van der Waals surface area contributed by atoms with Crippen LogP contribution in [0.1, 0.15) is 6.92 Å². The summed E-state index contributed by atoms with van der Waals surface area (Å²) in [6, 6.07) is 6.66. The summed E-state index contributed by atoms with van der Waals surface area (Å²) >= 11 is 4.46. The van der Waals surface area contributed by atoms with E-state index < -0.39 is 4.92 Å². The van der Waals surface area contributed by atoms with Gasteiger partial charge in [-0.1, -0.05) is 0 Å². The van der Waals surface area contributed by atoms with Crippen LogP contribution >= 0.6 is 27.7 Å². The molecular weight excluding hydrogens is 344 g/mol. The summed E-state index contributed by atoms with van der Waals surface area (Å²) in [5, 5.41) is 15.0. The maximum atomic E-state index is 11.0. The number of anilines is 1. The summed E-state index contributed by atoms with van der Waals surface area (Å²) in [6.07, 6.45) is 1.64. The molecule has 0 aromatic carbocycles. The first kappa shape index (κ1) is 14.7. The van der Waals surface area contributed by atoms with Crippen molar-refractivity contribution in [2.24, 2.45) is 0 Å². The first-order chi connectivity index (χ1) is 9.60. The predicted octanol–water partition coefficient (Wildman–Crippen LogP) is 3.73. The van der Waals surface area contributed by atoms with Crippen molar-refractivity contribution in [1.29, 1.82) is 0 Å². The third kappa shape index (κ3) is 3.67. The predicted molar refractivity (Wildman–Crippen MR) is 81.1 cm³/mol. The molecule has 0 atom stereocenters. The van der Waals surface area contributed by atoms with Crippen LogP contribution in [0.3, 0.4) is 0 Å². The van der Waals surface area contributed by atoms with E-state index >= 15 is 0 Å². The standard InChI is InChI=1S/C12H11BrN4O2S/c1-2-14-10-5-4-9(17(18)19)12(16-10)20-11-6-3-8(13)7-15-11/h3-7H,2H2,1H3,(H,14,16). The summed E-state index contributed by atoms with van der Waals surface area (Å²) in [6.45, 7) is 2.64. The van der Waals surface area contributed by atoms with Gasteiger partial charge >= 0.3 is 5.69 Å². The minimum absolute atomic E-state index is 0.0265. The van der Waals surface area contributed by atoms with Gasteiger partial charge in [0.25, 0.3) is 0 Å². The van der Waals surface area contributed by atoms with Crippen LogP contribution in [0, 0.1) is 10.1 Å². The SMILES string of the molecule is CCNc1ccc([N+](=O)[O-])c(Sc2ccc(Br)cn2)n1. The van der Waals surface area contributed by atoms with Crippen LogP contribution in [0.5, 0.6) is 0 Å². The van der Waals surface area contributed by atoms with Crippen molar-refractivity contribution in [3.8, 4) is 0 Å². The van der Waals surface area contributed by atoms with Gasteiger partial charge in [0.2, 0.25) is 0 Å². The van der Waals surface area contributed by atoms with E-state index in [1.165, 1.54) is 17.8 Å². The molecule has 8 heteroatoms. The van der Waals surface area contributed by atoms with Gasteiger partial charge in [-0.25, -0.2) is 9.97 Å². The minimum atomic E-state index is -0.441. The topological polar surface area (TPSA) is 81.0 Å². The summed E-state index contributed by atoms with van der Waals surface area (Å²) in [5.74, 6) is 0.609. The Morgan fingerprint density at radius 1 is 1.40 bits per heavy atom. The molecule has 0 amide bonds. The lowest BCUT2D eigenvalue weighted by Crippen LogP contribution is -2.01. The molecule has 2 rings (SSSR count). The van der Waals surface area contributed by atoms with Crippen molar-refractivity contribution in [2.45, 2.75) is 17.0 Å². The summed E-state index contributed by atoms with van der Waals surface area (Å²) in [5.41, 5.74) is -0.0265. The third-order valence-electron chi connectivity index (χ3n) is 2.30. The van der Waals surface area contributed by atoms with E-state index in [1.807, 2.05) is 13.0 Å².